The number of para-hydroxylation sites is 1. The lowest BCUT2D eigenvalue weighted by atomic mass is 9.82. The van der Waals surface area contributed by atoms with Crippen molar-refractivity contribution < 1.29 is 31.9 Å². The summed E-state index contributed by atoms with van der Waals surface area (Å²) in [5, 5.41) is 5.27. The van der Waals surface area contributed by atoms with E-state index >= 15 is 0 Å². The maximum absolute atomic E-state index is 14.3. The zero-order chi connectivity index (χ0) is 26.2. The van der Waals surface area contributed by atoms with Crippen LogP contribution in [0.4, 0.5) is 23.2 Å². The van der Waals surface area contributed by atoms with Gasteiger partial charge in [-0.05, 0) is 54.5 Å². The molecule has 36 heavy (non-hydrogen) atoms. The van der Waals surface area contributed by atoms with E-state index in [1.165, 1.54) is 12.1 Å². The van der Waals surface area contributed by atoms with E-state index in [-0.39, 0.29) is 17.9 Å². The first-order valence-corrected chi connectivity index (χ1v) is 11.8. The van der Waals surface area contributed by atoms with Crippen molar-refractivity contribution in [1.29, 1.82) is 0 Å². The zero-order valence-electron chi connectivity index (χ0n) is 19.6. The Morgan fingerprint density at radius 2 is 1.86 bits per heavy atom. The highest BCUT2D eigenvalue weighted by atomic mass is 19.4. The van der Waals surface area contributed by atoms with Gasteiger partial charge in [-0.2, -0.15) is 13.2 Å². The lowest BCUT2D eigenvalue weighted by molar-refractivity contribution is -0.146. The van der Waals surface area contributed by atoms with Gasteiger partial charge in [-0.3, -0.25) is 14.4 Å². The highest BCUT2D eigenvalue weighted by molar-refractivity contribution is 6.05. The number of anilines is 1. The lowest BCUT2D eigenvalue weighted by Gasteiger charge is -2.27. The van der Waals surface area contributed by atoms with Crippen molar-refractivity contribution in [1.82, 2.24) is 5.32 Å². The summed E-state index contributed by atoms with van der Waals surface area (Å²) in [6.07, 6.45) is -4.65. The van der Waals surface area contributed by atoms with Crippen LogP contribution in [0.15, 0.2) is 36.4 Å². The van der Waals surface area contributed by atoms with Crippen molar-refractivity contribution in [3.63, 3.8) is 0 Å². The number of primary amides is 1. The van der Waals surface area contributed by atoms with Crippen LogP contribution in [-0.2, 0) is 14.4 Å². The Morgan fingerprint density at radius 3 is 2.50 bits per heavy atom. The zero-order valence-corrected chi connectivity index (χ0v) is 19.6. The minimum absolute atomic E-state index is 0.122. The largest absolute Gasteiger partial charge is 0.389 e. The van der Waals surface area contributed by atoms with E-state index in [0.717, 1.165) is 24.5 Å². The van der Waals surface area contributed by atoms with Gasteiger partial charge < -0.3 is 16.4 Å². The average Bonchev–Trinajstić information content (AvgIpc) is 3.62. The second kappa shape index (κ2) is 9.91. The fourth-order valence-corrected chi connectivity index (χ4v) is 4.83. The number of rotatable bonds is 8. The third-order valence-corrected chi connectivity index (χ3v) is 6.90. The van der Waals surface area contributed by atoms with Crippen molar-refractivity contribution in [3.05, 3.63) is 53.3 Å². The SMILES string of the molecule is Cc1cccc2c1NC(=O)C(NC(=O)C(CCC(F)(F)F)C(CC1CC1)C(N)=O)c1cc(F)ccc1-2. The van der Waals surface area contributed by atoms with Gasteiger partial charge in [0, 0.05) is 23.8 Å². The molecule has 0 radical (unpaired) electrons. The predicted molar refractivity (Wildman–Crippen MR) is 125 cm³/mol. The molecule has 2 aliphatic rings. The third-order valence-electron chi connectivity index (χ3n) is 6.90. The summed E-state index contributed by atoms with van der Waals surface area (Å²) in [4.78, 5) is 38.9. The number of fused-ring (bicyclic) bond motifs is 3. The number of alkyl halides is 3. The van der Waals surface area contributed by atoms with Gasteiger partial charge in [0.1, 0.15) is 11.9 Å². The fraction of sp³-hybridized carbons (Fsp3) is 0.423. The molecule has 3 amide bonds. The molecule has 192 valence electrons. The van der Waals surface area contributed by atoms with E-state index in [0.29, 0.717) is 16.8 Å². The van der Waals surface area contributed by atoms with Crippen LogP contribution in [0.3, 0.4) is 0 Å². The van der Waals surface area contributed by atoms with E-state index in [1.54, 1.807) is 25.1 Å². The number of amides is 3. The van der Waals surface area contributed by atoms with Crippen LogP contribution in [0, 0.1) is 30.5 Å². The monoisotopic (exact) mass is 505 g/mol. The predicted octanol–water partition coefficient (Wildman–Crippen LogP) is 4.77. The van der Waals surface area contributed by atoms with Gasteiger partial charge in [0.05, 0.1) is 5.69 Å². The molecule has 4 rings (SSSR count). The highest BCUT2D eigenvalue weighted by Gasteiger charge is 2.41. The standard InChI is InChI=1S/C26H27F4N3O3/c1-13-3-2-4-17-16-8-7-15(27)12-19(16)22(25(36)32-21(13)17)33-24(35)18(9-10-26(28,29)30)20(23(31)34)11-14-5-6-14/h2-4,7-8,12,14,18,20,22H,5-6,9-11H2,1H3,(H2,31,34)(H,32,36)(H,33,35). The quantitative estimate of drug-likeness (QED) is 0.451. The number of nitrogens with two attached hydrogens (primary N) is 1. The number of hydrogen-bond donors (Lipinski definition) is 3. The first kappa shape index (κ1) is 25.7. The Labute approximate surface area is 205 Å². The number of aryl methyl sites for hydroxylation is 1. The molecule has 0 saturated heterocycles. The summed E-state index contributed by atoms with van der Waals surface area (Å²) < 4.78 is 53.5. The van der Waals surface area contributed by atoms with E-state index < -0.39 is 60.4 Å². The topological polar surface area (TPSA) is 101 Å². The number of benzene rings is 2. The highest BCUT2D eigenvalue weighted by Crippen LogP contribution is 2.41. The molecule has 10 heteroatoms. The minimum atomic E-state index is -4.55. The van der Waals surface area contributed by atoms with Crippen LogP contribution in [-0.4, -0.2) is 23.9 Å². The molecule has 1 fully saturated rings. The van der Waals surface area contributed by atoms with Gasteiger partial charge in [-0.25, -0.2) is 4.39 Å². The fourth-order valence-electron chi connectivity index (χ4n) is 4.83. The van der Waals surface area contributed by atoms with Crippen molar-refractivity contribution in [3.8, 4) is 11.1 Å². The molecular weight excluding hydrogens is 478 g/mol. The Morgan fingerprint density at radius 1 is 1.14 bits per heavy atom. The summed E-state index contributed by atoms with van der Waals surface area (Å²) in [5.74, 6) is -5.45. The van der Waals surface area contributed by atoms with Crippen LogP contribution in [0.25, 0.3) is 11.1 Å². The second-order valence-corrected chi connectivity index (χ2v) is 9.61. The molecule has 3 atom stereocenters. The normalized spacial score (nSPS) is 18.8. The summed E-state index contributed by atoms with van der Waals surface area (Å²) in [5.41, 5.74) is 8.03. The summed E-state index contributed by atoms with van der Waals surface area (Å²) in [6, 6.07) is 7.75. The summed E-state index contributed by atoms with van der Waals surface area (Å²) >= 11 is 0. The number of halogens is 4. The molecule has 2 aromatic carbocycles. The molecule has 1 aliphatic carbocycles. The molecule has 3 unspecified atom stereocenters. The lowest BCUT2D eigenvalue weighted by Crippen LogP contribution is -2.45. The second-order valence-electron chi connectivity index (χ2n) is 9.61. The number of hydrogen-bond acceptors (Lipinski definition) is 3. The van der Waals surface area contributed by atoms with Crippen LogP contribution < -0.4 is 16.4 Å². The van der Waals surface area contributed by atoms with Crippen molar-refractivity contribution in [2.45, 2.75) is 51.2 Å². The molecule has 0 aromatic heterocycles. The molecule has 6 nitrogen and oxygen atoms in total. The molecular formula is C26H27F4N3O3. The molecule has 1 aliphatic heterocycles. The number of carbonyl (C=O) groups excluding carboxylic acids is 3. The van der Waals surface area contributed by atoms with Crippen molar-refractivity contribution >= 4 is 23.4 Å². The maximum atomic E-state index is 14.3. The van der Waals surface area contributed by atoms with Gasteiger partial charge in [0.2, 0.25) is 11.8 Å². The average molecular weight is 506 g/mol. The molecule has 0 spiro atoms. The first-order chi connectivity index (χ1) is 16.9. The van der Waals surface area contributed by atoms with E-state index in [4.69, 9.17) is 5.73 Å². The molecule has 1 saturated carbocycles. The van der Waals surface area contributed by atoms with Gasteiger partial charge in [0.15, 0.2) is 0 Å². The van der Waals surface area contributed by atoms with E-state index in [2.05, 4.69) is 10.6 Å². The molecule has 4 N–H and O–H groups in total. The maximum Gasteiger partial charge on any atom is 0.389 e. The smallest absolute Gasteiger partial charge is 0.369 e. The van der Waals surface area contributed by atoms with Crippen LogP contribution in [0.5, 0.6) is 0 Å². The van der Waals surface area contributed by atoms with Gasteiger partial charge in [0.25, 0.3) is 5.91 Å². The van der Waals surface area contributed by atoms with Gasteiger partial charge in [-0.1, -0.05) is 37.1 Å². The molecule has 1 heterocycles. The van der Waals surface area contributed by atoms with Gasteiger partial charge >= 0.3 is 6.18 Å². The van der Waals surface area contributed by atoms with Crippen LogP contribution in [0.2, 0.25) is 0 Å². The first-order valence-electron chi connectivity index (χ1n) is 11.8. The molecule has 0 bridgehead atoms. The van der Waals surface area contributed by atoms with Crippen LogP contribution >= 0.6 is 0 Å². The van der Waals surface area contributed by atoms with Crippen LogP contribution in [0.1, 0.15) is 49.3 Å². The Kier molecular flexibility index (Phi) is 7.06. The Hall–Kier alpha value is -3.43. The van der Waals surface area contributed by atoms with Crippen molar-refractivity contribution in [2.24, 2.45) is 23.5 Å². The Bertz CT molecular complexity index is 1190. The van der Waals surface area contributed by atoms with E-state index in [9.17, 15) is 31.9 Å². The van der Waals surface area contributed by atoms with Crippen molar-refractivity contribution in [2.75, 3.05) is 5.32 Å². The van der Waals surface area contributed by atoms with Gasteiger partial charge in [-0.15, -0.1) is 0 Å². The summed E-state index contributed by atoms with van der Waals surface area (Å²) in [6.45, 7) is 1.78. The minimum Gasteiger partial charge on any atom is -0.369 e. The van der Waals surface area contributed by atoms with E-state index in [1.807, 2.05) is 0 Å². The third kappa shape index (κ3) is 5.68. The Balaban J connectivity index is 1.70. The molecule has 2 aromatic rings. The summed E-state index contributed by atoms with van der Waals surface area (Å²) in [7, 11) is 0. The number of nitrogens with one attached hydrogen (secondary N) is 2. The number of carbonyl (C=O) groups is 3.